The molecule has 0 unspecified atom stereocenters. The van der Waals surface area contributed by atoms with Gasteiger partial charge in [-0.3, -0.25) is 4.79 Å². The number of nitrogens with one attached hydrogen (secondary N) is 1. The molecule has 0 aromatic carbocycles. The fourth-order valence-electron chi connectivity index (χ4n) is 2.55. The van der Waals surface area contributed by atoms with Gasteiger partial charge in [0.05, 0.1) is 11.3 Å². The van der Waals surface area contributed by atoms with Crippen LogP contribution in [0, 0.1) is 5.41 Å². The van der Waals surface area contributed by atoms with Crippen molar-refractivity contribution in [1.82, 2.24) is 5.32 Å². The molecule has 120 valence electrons. The van der Waals surface area contributed by atoms with Gasteiger partial charge in [-0.2, -0.15) is 0 Å². The molecule has 7 heteroatoms. The summed E-state index contributed by atoms with van der Waals surface area (Å²) in [5.74, 6) is 0.0386. The third-order valence-electron chi connectivity index (χ3n) is 4.21. The largest absolute Gasteiger partial charge is 0.349 e. The molecule has 1 amide bonds. The predicted octanol–water partition coefficient (Wildman–Crippen LogP) is 1.26. The molecule has 0 atom stereocenters. The summed E-state index contributed by atoms with van der Waals surface area (Å²) >= 11 is 0. The first-order valence-corrected chi connectivity index (χ1v) is 8.95. The average Bonchev–Trinajstić information content (AvgIpc) is 3.02. The lowest BCUT2D eigenvalue weighted by Crippen LogP contribution is -2.53. The minimum absolute atomic E-state index is 0. The lowest BCUT2D eigenvalue weighted by Gasteiger charge is -2.32. The Balaban J connectivity index is 0.00000361. The Morgan fingerprint density at radius 2 is 1.80 bits per heavy atom. The lowest BCUT2D eigenvalue weighted by molar-refractivity contribution is -0.124. The van der Waals surface area contributed by atoms with E-state index in [1.807, 2.05) is 13.8 Å². The van der Waals surface area contributed by atoms with Crippen LogP contribution in [0.1, 0.15) is 46.0 Å². The average molecular weight is 327 g/mol. The summed E-state index contributed by atoms with van der Waals surface area (Å²) in [6.07, 6.45) is 4.73. The van der Waals surface area contributed by atoms with E-state index in [1.54, 1.807) is 0 Å². The smallest absolute Gasteiger partial charge is 0.221 e. The van der Waals surface area contributed by atoms with E-state index in [9.17, 15) is 13.2 Å². The van der Waals surface area contributed by atoms with Crippen LogP contribution in [0.2, 0.25) is 0 Å². The highest BCUT2D eigenvalue weighted by molar-refractivity contribution is 7.90. The zero-order valence-electron chi connectivity index (χ0n) is 12.6. The Morgan fingerprint density at radius 3 is 2.10 bits per heavy atom. The van der Waals surface area contributed by atoms with Crippen molar-refractivity contribution in [3.05, 3.63) is 0 Å². The van der Waals surface area contributed by atoms with Crippen molar-refractivity contribution in [1.29, 1.82) is 0 Å². The molecule has 0 spiro atoms. The topological polar surface area (TPSA) is 89.3 Å². The Morgan fingerprint density at radius 1 is 1.30 bits per heavy atom. The van der Waals surface area contributed by atoms with Gasteiger partial charge in [0.15, 0.2) is 0 Å². The second-order valence-corrected chi connectivity index (χ2v) is 8.13. The second kappa shape index (κ2) is 7.09. The molecule has 1 saturated carbocycles. The highest BCUT2D eigenvalue weighted by Gasteiger charge is 2.47. The van der Waals surface area contributed by atoms with Crippen LogP contribution >= 0.6 is 12.4 Å². The monoisotopic (exact) mass is 326 g/mol. The molecular formula is C13H27ClN2O3S. The normalized spacial score (nSPS) is 17.2. The van der Waals surface area contributed by atoms with E-state index in [1.165, 1.54) is 6.26 Å². The highest BCUT2D eigenvalue weighted by atomic mass is 35.5. The number of halogens is 1. The molecule has 20 heavy (non-hydrogen) atoms. The zero-order chi connectivity index (χ0) is 14.7. The first kappa shape index (κ1) is 19.7. The van der Waals surface area contributed by atoms with E-state index in [2.05, 4.69) is 5.32 Å². The van der Waals surface area contributed by atoms with Gasteiger partial charge in [0.2, 0.25) is 5.91 Å². The fourth-order valence-corrected chi connectivity index (χ4v) is 4.06. The molecule has 1 aliphatic rings. The van der Waals surface area contributed by atoms with Gasteiger partial charge < -0.3 is 11.1 Å². The molecule has 0 aromatic heterocycles. The van der Waals surface area contributed by atoms with E-state index in [4.69, 9.17) is 5.73 Å². The number of hydrogen-bond donors (Lipinski definition) is 2. The number of rotatable bonds is 8. The Hall–Kier alpha value is -0.330. The van der Waals surface area contributed by atoms with Gasteiger partial charge in [-0.05, 0) is 31.1 Å². The minimum Gasteiger partial charge on any atom is -0.349 e. The highest BCUT2D eigenvalue weighted by Crippen LogP contribution is 2.49. The van der Waals surface area contributed by atoms with E-state index in [0.29, 0.717) is 13.0 Å². The molecule has 0 aromatic rings. The maximum atomic E-state index is 12.1. The van der Waals surface area contributed by atoms with E-state index >= 15 is 0 Å². The number of carbonyl (C=O) groups excluding carboxylic acids is 1. The molecule has 1 fully saturated rings. The van der Waals surface area contributed by atoms with Crippen LogP contribution in [0.5, 0.6) is 0 Å². The minimum atomic E-state index is -3.03. The van der Waals surface area contributed by atoms with Crippen LogP contribution in [0.25, 0.3) is 0 Å². The third-order valence-corrected chi connectivity index (χ3v) is 5.35. The third kappa shape index (κ3) is 5.58. The van der Waals surface area contributed by atoms with Crippen LogP contribution in [-0.4, -0.2) is 38.4 Å². The summed E-state index contributed by atoms with van der Waals surface area (Å²) in [6.45, 7) is 4.41. The molecule has 0 aliphatic heterocycles. The Bertz CT molecular complexity index is 421. The van der Waals surface area contributed by atoms with Crippen molar-refractivity contribution >= 4 is 28.2 Å². The number of hydrogen-bond acceptors (Lipinski definition) is 4. The molecule has 5 nitrogen and oxygen atoms in total. The van der Waals surface area contributed by atoms with Crippen LogP contribution in [-0.2, 0) is 14.6 Å². The van der Waals surface area contributed by atoms with Gasteiger partial charge in [-0.1, -0.05) is 13.8 Å². The van der Waals surface area contributed by atoms with Crippen LogP contribution < -0.4 is 11.1 Å². The molecule has 1 rings (SSSR count). The summed E-state index contributed by atoms with van der Waals surface area (Å²) in [6, 6.07) is 0. The van der Waals surface area contributed by atoms with Gasteiger partial charge in [-0.15, -0.1) is 12.4 Å². The molecule has 0 bridgehead atoms. The van der Waals surface area contributed by atoms with Crippen LogP contribution in [0.3, 0.4) is 0 Å². The molecule has 3 N–H and O–H groups in total. The lowest BCUT2D eigenvalue weighted by atomic mass is 9.92. The number of amides is 1. The van der Waals surface area contributed by atoms with Crippen molar-refractivity contribution in [2.45, 2.75) is 51.5 Å². The Labute approximate surface area is 128 Å². The number of carbonyl (C=O) groups is 1. The summed E-state index contributed by atoms with van der Waals surface area (Å²) < 4.78 is 22.7. The van der Waals surface area contributed by atoms with Crippen molar-refractivity contribution in [3.8, 4) is 0 Å². The fraction of sp³-hybridized carbons (Fsp3) is 0.923. The molecular weight excluding hydrogens is 300 g/mol. The SMILES string of the molecule is CCC(CC)(CN)NC(=O)CC1(CS(C)(=O)=O)CC1.Cl. The van der Waals surface area contributed by atoms with Crippen molar-refractivity contribution in [3.63, 3.8) is 0 Å². The summed E-state index contributed by atoms with van der Waals surface area (Å²) in [5.41, 5.74) is 5.08. The summed E-state index contributed by atoms with van der Waals surface area (Å²) in [4.78, 5) is 12.1. The predicted molar refractivity (Wildman–Crippen MR) is 83.8 cm³/mol. The van der Waals surface area contributed by atoms with Crippen molar-refractivity contribution in [2.75, 3.05) is 18.6 Å². The molecule has 0 saturated heterocycles. The van der Waals surface area contributed by atoms with Gasteiger partial charge in [0.1, 0.15) is 9.84 Å². The molecule has 0 radical (unpaired) electrons. The summed E-state index contributed by atoms with van der Waals surface area (Å²) in [5, 5.41) is 3.00. The summed E-state index contributed by atoms with van der Waals surface area (Å²) in [7, 11) is -3.03. The second-order valence-electron chi connectivity index (χ2n) is 5.99. The first-order chi connectivity index (χ1) is 8.70. The Kier molecular flexibility index (Phi) is 6.97. The van der Waals surface area contributed by atoms with Crippen LogP contribution in [0.15, 0.2) is 0 Å². The standard InChI is InChI=1S/C13H26N2O3S.ClH/c1-4-13(5-2,9-14)15-11(16)8-12(6-7-12)10-19(3,17)18;/h4-10,14H2,1-3H3,(H,15,16);1H. The quantitative estimate of drug-likeness (QED) is 0.702. The first-order valence-electron chi connectivity index (χ1n) is 6.89. The number of sulfone groups is 1. The molecule has 1 aliphatic carbocycles. The van der Waals surface area contributed by atoms with Crippen molar-refractivity contribution in [2.24, 2.45) is 11.1 Å². The van der Waals surface area contributed by atoms with Gasteiger partial charge >= 0.3 is 0 Å². The zero-order valence-corrected chi connectivity index (χ0v) is 14.2. The van der Waals surface area contributed by atoms with E-state index in [0.717, 1.165) is 25.7 Å². The van der Waals surface area contributed by atoms with E-state index in [-0.39, 0.29) is 35.0 Å². The number of nitrogens with two attached hydrogens (primary N) is 1. The van der Waals surface area contributed by atoms with Gasteiger partial charge in [-0.25, -0.2) is 8.42 Å². The maximum absolute atomic E-state index is 12.1. The van der Waals surface area contributed by atoms with Gasteiger partial charge in [0.25, 0.3) is 0 Å². The van der Waals surface area contributed by atoms with Crippen LogP contribution in [0.4, 0.5) is 0 Å². The molecule has 0 heterocycles. The maximum Gasteiger partial charge on any atom is 0.221 e. The van der Waals surface area contributed by atoms with Gasteiger partial charge in [0, 0.05) is 19.2 Å². The van der Waals surface area contributed by atoms with Crippen molar-refractivity contribution < 1.29 is 13.2 Å². The van der Waals surface area contributed by atoms with E-state index < -0.39 is 9.84 Å².